The molecule has 2 rings (SSSR count). The van der Waals surface area contributed by atoms with E-state index in [1.165, 1.54) is 12.5 Å². The fourth-order valence-electron chi connectivity index (χ4n) is 4.34. The number of hydrogen-bond acceptors (Lipinski definition) is 4. The highest BCUT2D eigenvalue weighted by atomic mass is 16.6. The Kier molecular flexibility index (Phi) is 3.95. The minimum Gasteiger partial charge on any atom is -0.460 e. The van der Waals surface area contributed by atoms with Crippen molar-refractivity contribution in [1.82, 2.24) is 0 Å². The summed E-state index contributed by atoms with van der Waals surface area (Å²) in [5, 5.41) is 11.1. The molecule has 5 nitrogen and oxygen atoms in total. The summed E-state index contributed by atoms with van der Waals surface area (Å²) in [6.45, 7) is 8.75. The van der Waals surface area contributed by atoms with Gasteiger partial charge in [-0.3, -0.25) is 14.9 Å². The van der Waals surface area contributed by atoms with Gasteiger partial charge in [-0.15, -0.1) is 0 Å². The van der Waals surface area contributed by atoms with Crippen molar-refractivity contribution in [3.05, 3.63) is 34.4 Å². The van der Waals surface area contributed by atoms with Crippen LogP contribution in [-0.2, 0) is 9.53 Å². The van der Waals surface area contributed by atoms with Crippen molar-refractivity contribution in [1.29, 1.82) is 0 Å². The molecule has 0 amide bonds. The molecular formula is C16H23NO4. The molecule has 1 fully saturated rings. The lowest BCUT2D eigenvalue weighted by molar-refractivity contribution is -0.507. The maximum absolute atomic E-state index is 11.2. The van der Waals surface area contributed by atoms with Crippen LogP contribution in [0.4, 0.5) is 0 Å². The molecule has 0 aromatic rings. The third-order valence-electron chi connectivity index (χ3n) is 4.68. The summed E-state index contributed by atoms with van der Waals surface area (Å²) in [4.78, 5) is 22.1. The number of nitrogens with zero attached hydrogens (tertiary/aromatic N) is 1. The van der Waals surface area contributed by atoms with Crippen LogP contribution in [0.3, 0.4) is 0 Å². The number of esters is 1. The predicted octanol–water partition coefficient (Wildman–Crippen LogP) is 3.13. The molecule has 0 heterocycles. The first-order valence-corrected chi connectivity index (χ1v) is 7.32. The number of carbonyl (C=O) groups excluding carboxylic acids is 1. The van der Waals surface area contributed by atoms with Gasteiger partial charge in [0.2, 0.25) is 6.54 Å². The largest absolute Gasteiger partial charge is 0.460 e. The summed E-state index contributed by atoms with van der Waals surface area (Å²) in [5.41, 5.74) is 0.0932. The van der Waals surface area contributed by atoms with E-state index in [1.54, 1.807) is 0 Å². The van der Waals surface area contributed by atoms with E-state index in [1.807, 2.05) is 19.9 Å². The standard InChI is InChI=1S/C16H23NO4/c1-5-12-6-13-8-16(10-17(19)20,14(13)7-12)9-15(3,4)21-11(2)18/h5,7,13-14H,1,6,8-10H2,2-4H3/t13-,14-,16-/m1/s1. The zero-order valence-corrected chi connectivity index (χ0v) is 12.9. The highest BCUT2D eigenvalue weighted by molar-refractivity contribution is 5.66. The minimum atomic E-state index is -0.683. The van der Waals surface area contributed by atoms with Crippen LogP contribution in [0.2, 0.25) is 0 Å². The van der Waals surface area contributed by atoms with E-state index in [0.717, 1.165) is 12.8 Å². The van der Waals surface area contributed by atoms with Gasteiger partial charge in [-0.2, -0.15) is 0 Å². The number of carbonyl (C=O) groups is 1. The van der Waals surface area contributed by atoms with Gasteiger partial charge in [0, 0.05) is 17.3 Å². The van der Waals surface area contributed by atoms with Crippen molar-refractivity contribution in [3.63, 3.8) is 0 Å². The normalized spacial score (nSPS) is 30.9. The first kappa shape index (κ1) is 15.7. The van der Waals surface area contributed by atoms with Gasteiger partial charge in [0.1, 0.15) is 5.60 Å². The Labute approximate surface area is 125 Å². The lowest BCUT2D eigenvalue weighted by Gasteiger charge is -2.52. The quantitative estimate of drug-likeness (QED) is 0.428. The van der Waals surface area contributed by atoms with Crippen molar-refractivity contribution in [2.24, 2.45) is 17.3 Å². The van der Waals surface area contributed by atoms with Crippen molar-refractivity contribution in [2.45, 2.75) is 45.6 Å². The second kappa shape index (κ2) is 5.28. The van der Waals surface area contributed by atoms with E-state index in [-0.39, 0.29) is 23.4 Å². The molecule has 0 saturated heterocycles. The maximum atomic E-state index is 11.2. The molecule has 5 heteroatoms. The number of ether oxygens (including phenoxy) is 1. The molecule has 0 spiro atoms. The van der Waals surface area contributed by atoms with Gasteiger partial charge in [0.25, 0.3) is 0 Å². The lowest BCUT2D eigenvalue weighted by atomic mass is 9.52. The molecule has 3 atom stereocenters. The maximum Gasteiger partial charge on any atom is 0.303 e. The minimum absolute atomic E-state index is 0.0697. The molecule has 0 aromatic heterocycles. The SMILES string of the molecule is C=CC1=C[C@@H]2[C@H](C1)C[C@]2(C[N+](=O)[O-])CC(C)(C)OC(C)=O. The fourth-order valence-corrected chi connectivity index (χ4v) is 4.34. The molecule has 1 saturated carbocycles. The average Bonchev–Trinajstić information content (AvgIpc) is 2.63. The molecule has 21 heavy (non-hydrogen) atoms. The van der Waals surface area contributed by atoms with Crippen molar-refractivity contribution < 1.29 is 14.5 Å². The monoisotopic (exact) mass is 293 g/mol. The Hall–Kier alpha value is -1.65. The van der Waals surface area contributed by atoms with E-state index in [4.69, 9.17) is 4.74 Å². The van der Waals surface area contributed by atoms with E-state index >= 15 is 0 Å². The summed E-state index contributed by atoms with van der Waals surface area (Å²) in [6.07, 6.45) is 6.27. The van der Waals surface area contributed by atoms with Gasteiger partial charge in [0.15, 0.2) is 0 Å². The fraction of sp³-hybridized carbons (Fsp3) is 0.688. The molecule has 0 aromatic carbocycles. The number of hydrogen-bond donors (Lipinski definition) is 0. The van der Waals surface area contributed by atoms with Crippen LogP contribution in [0, 0.1) is 27.4 Å². The summed E-state index contributed by atoms with van der Waals surface area (Å²) >= 11 is 0. The molecular weight excluding hydrogens is 270 g/mol. The van der Waals surface area contributed by atoms with Gasteiger partial charge >= 0.3 is 5.97 Å². The molecule has 0 radical (unpaired) electrons. The highest BCUT2D eigenvalue weighted by Gasteiger charge is 2.59. The van der Waals surface area contributed by atoms with E-state index < -0.39 is 11.0 Å². The molecule has 0 unspecified atom stereocenters. The summed E-state index contributed by atoms with van der Waals surface area (Å²) in [7, 11) is 0. The Bertz CT molecular complexity index is 508. The molecule has 0 aliphatic heterocycles. The van der Waals surface area contributed by atoms with Gasteiger partial charge in [-0.1, -0.05) is 24.3 Å². The van der Waals surface area contributed by atoms with Crippen LogP contribution in [0.1, 0.15) is 40.0 Å². The van der Waals surface area contributed by atoms with Crippen LogP contribution in [0.15, 0.2) is 24.3 Å². The Balaban J connectivity index is 2.20. The van der Waals surface area contributed by atoms with Crippen molar-refractivity contribution in [2.75, 3.05) is 6.54 Å². The van der Waals surface area contributed by atoms with Gasteiger partial charge in [0.05, 0.1) is 0 Å². The van der Waals surface area contributed by atoms with Gasteiger partial charge < -0.3 is 4.74 Å². The lowest BCUT2D eigenvalue weighted by Crippen LogP contribution is -2.53. The third-order valence-corrected chi connectivity index (χ3v) is 4.68. The summed E-state index contributed by atoms with van der Waals surface area (Å²) < 4.78 is 5.35. The predicted molar refractivity (Wildman–Crippen MR) is 79.3 cm³/mol. The van der Waals surface area contributed by atoms with Crippen molar-refractivity contribution >= 4 is 5.97 Å². The molecule has 0 bridgehead atoms. The Morgan fingerprint density at radius 3 is 2.86 bits per heavy atom. The second-order valence-corrected chi connectivity index (χ2v) is 7.02. The number of fused-ring (bicyclic) bond motifs is 1. The Morgan fingerprint density at radius 1 is 1.67 bits per heavy atom. The van der Waals surface area contributed by atoms with Crippen LogP contribution >= 0.6 is 0 Å². The van der Waals surface area contributed by atoms with Crippen LogP contribution < -0.4 is 0 Å². The average molecular weight is 293 g/mol. The number of rotatable bonds is 6. The third kappa shape index (κ3) is 3.17. The highest BCUT2D eigenvalue weighted by Crippen LogP contribution is 2.61. The van der Waals surface area contributed by atoms with E-state index in [2.05, 4.69) is 12.7 Å². The summed E-state index contributed by atoms with van der Waals surface area (Å²) in [6, 6.07) is 0. The smallest absolute Gasteiger partial charge is 0.303 e. The number of allylic oxidation sites excluding steroid dienone is 3. The second-order valence-electron chi connectivity index (χ2n) is 7.02. The van der Waals surface area contributed by atoms with Crippen molar-refractivity contribution in [3.8, 4) is 0 Å². The van der Waals surface area contributed by atoms with Gasteiger partial charge in [-0.05, 0) is 44.9 Å². The topological polar surface area (TPSA) is 69.4 Å². The van der Waals surface area contributed by atoms with Crippen LogP contribution in [0.25, 0.3) is 0 Å². The summed E-state index contributed by atoms with van der Waals surface area (Å²) in [5.74, 6) is 0.331. The molecule has 0 N–H and O–H groups in total. The first-order valence-electron chi connectivity index (χ1n) is 7.32. The number of nitro groups is 1. The van der Waals surface area contributed by atoms with E-state index in [9.17, 15) is 14.9 Å². The first-order chi connectivity index (χ1) is 9.67. The molecule has 2 aliphatic carbocycles. The Morgan fingerprint density at radius 2 is 2.33 bits per heavy atom. The zero-order chi connectivity index (χ0) is 15.8. The van der Waals surface area contributed by atoms with E-state index in [0.29, 0.717) is 12.3 Å². The van der Waals surface area contributed by atoms with Crippen LogP contribution in [-0.4, -0.2) is 23.0 Å². The molecule has 2 aliphatic rings. The van der Waals surface area contributed by atoms with Crippen LogP contribution in [0.5, 0.6) is 0 Å². The van der Waals surface area contributed by atoms with Gasteiger partial charge in [-0.25, -0.2) is 0 Å². The zero-order valence-electron chi connectivity index (χ0n) is 12.9. The molecule has 116 valence electrons.